The number of nitrogens with zero attached hydrogens (tertiary/aromatic N) is 2. The third-order valence-electron chi connectivity index (χ3n) is 5.76. The van der Waals surface area contributed by atoms with Crippen molar-refractivity contribution in [1.29, 1.82) is 0 Å². The molecule has 3 aromatic rings. The van der Waals surface area contributed by atoms with Crippen LogP contribution in [0.15, 0.2) is 42.7 Å². The largest absolute Gasteiger partial charge is 0.381 e. The smallest absolute Gasteiger partial charge is 0.155 e. The lowest BCUT2D eigenvalue weighted by Gasteiger charge is -2.34. The van der Waals surface area contributed by atoms with E-state index in [9.17, 15) is 0 Å². The molecule has 4 rings (SSSR count). The average molecular weight is 350 g/mol. The van der Waals surface area contributed by atoms with Crippen LogP contribution in [-0.4, -0.2) is 34.9 Å². The Bertz CT molecular complexity index is 884. The molecule has 1 fully saturated rings. The van der Waals surface area contributed by atoms with Gasteiger partial charge in [0.1, 0.15) is 0 Å². The molecule has 5 heteroatoms. The zero-order valence-electron chi connectivity index (χ0n) is 15.2. The first-order valence-corrected chi connectivity index (χ1v) is 9.36. The summed E-state index contributed by atoms with van der Waals surface area (Å²) in [5, 5.41) is 8.12. The first kappa shape index (κ1) is 17.2. The maximum Gasteiger partial charge on any atom is 0.155 e. The van der Waals surface area contributed by atoms with Crippen LogP contribution in [-0.2, 0) is 10.2 Å². The molecule has 0 aliphatic carbocycles. The average Bonchev–Trinajstić information content (AvgIpc) is 3.17. The summed E-state index contributed by atoms with van der Waals surface area (Å²) in [5.74, 6) is 0.683. The Labute approximate surface area is 154 Å². The molecule has 2 aromatic heterocycles. The predicted molar refractivity (Wildman–Crippen MR) is 104 cm³/mol. The molecule has 1 unspecified atom stereocenters. The van der Waals surface area contributed by atoms with Gasteiger partial charge in [0.05, 0.1) is 6.20 Å². The monoisotopic (exact) mass is 350 g/mol. The van der Waals surface area contributed by atoms with Crippen LogP contribution in [0.4, 0.5) is 0 Å². The van der Waals surface area contributed by atoms with Gasteiger partial charge in [0.2, 0.25) is 0 Å². The van der Waals surface area contributed by atoms with Crippen molar-refractivity contribution in [2.24, 2.45) is 11.7 Å². The number of ether oxygens (including phenoxy) is 1. The minimum absolute atomic E-state index is 0.0272. The number of rotatable bonds is 5. The van der Waals surface area contributed by atoms with Crippen LogP contribution < -0.4 is 5.73 Å². The fraction of sp³-hybridized carbons (Fsp3) is 0.429. The summed E-state index contributed by atoms with van der Waals surface area (Å²) in [6.07, 6.45) is 7.04. The van der Waals surface area contributed by atoms with Crippen molar-refractivity contribution in [2.75, 3.05) is 19.8 Å². The second kappa shape index (κ2) is 7.17. The summed E-state index contributed by atoms with van der Waals surface area (Å²) < 4.78 is 5.52. The number of pyridine rings is 1. The van der Waals surface area contributed by atoms with Gasteiger partial charge in [0.25, 0.3) is 0 Å². The molecule has 136 valence electrons. The second-order valence-corrected chi connectivity index (χ2v) is 7.60. The summed E-state index contributed by atoms with van der Waals surface area (Å²) >= 11 is 0. The summed E-state index contributed by atoms with van der Waals surface area (Å²) in [4.78, 5) is 4.34. The first-order chi connectivity index (χ1) is 12.7. The number of hydrogen-bond donors (Lipinski definition) is 2. The van der Waals surface area contributed by atoms with Gasteiger partial charge in [-0.1, -0.05) is 31.2 Å². The number of aromatic nitrogens is 3. The van der Waals surface area contributed by atoms with Gasteiger partial charge in [0.15, 0.2) is 5.65 Å². The number of benzene rings is 1. The third-order valence-corrected chi connectivity index (χ3v) is 5.76. The molecule has 26 heavy (non-hydrogen) atoms. The van der Waals surface area contributed by atoms with Crippen LogP contribution in [0.25, 0.3) is 22.2 Å². The van der Waals surface area contributed by atoms with Crippen molar-refractivity contribution in [1.82, 2.24) is 15.2 Å². The van der Waals surface area contributed by atoms with Gasteiger partial charge in [0, 0.05) is 36.8 Å². The van der Waals surface area contributed by atoms with E-state index in [2.05, 4.69) is 52.4 Å². The molecule has 3 heterocycles. The molecule has 0 bridgehead atoms. The maximum atomic E-state index is 6.26. The molecule has 0 spiro atoms. The number of hydrogen-bond acceptors (Lipinski definition) is 4. The van der Waals surface area contributed by atoms with Crippen molar-refractivity contribution >= 4 is 11.0 Å². The highest BCUT2D eigenvalue weighted by Crippen LogP contribution is 2.36. The van der Waals surface area contributed by atoms with E-state index < -0.39 is 0 Å². The third kappa shape index (κ3) is 3.24. The Morgan fingerprint density at radius 1 is 1.27 bits per heavy atom. The Morgan fingerprint density at radius 2 is 2.12 bits per heavy atom. The molecular formula is C21H26N4O. The van der Waals surface area contributed by atoms with Crippen LogP contribution in [0, 0.1) is 5.92 Å². The molecular weight excluding hydrogens is 324 g/mol. The van der Waals surface area contributed by atoms with Crippen molar-refractivity contribution in [3.63, 3.8) is 0 Å². The zero-order valence-corrected chi connectivity index (χ0v) is 15.2. The molecule has 3 N–H and O–H groups in total. The number of fused-ring (bicyclic) bond motifs is 1. The number of H-pyrrole nitrogens is 1. The summed E-state index contributed by atoms with van der Waals surface area (Å²) in [6, 6.07) is 10.8. The summed E-state index contributed by atoms with van der Waals surface area (Å²) in [6.45, 7) is 4.69. The Balaban J connectivity index is 1.68. The first-order valence-electron chi connectivity index (χ1n) is 9.36. The molecule has 0 saturated carbocycles. The lowest BCUT2D eigenvalue weighted by atomic mass is 9.73. The minimum atomic E-state index is -0.0272. The molecule has 1 aliphatic rings. The van der Waals surface area contributed by atoms with Crippen LogP contribution in [0.1, 0.15) is 31.7 Å². The number of nitrogens with two attached hydrogens (primary N) is 1. The molecule has 1 aromatic carbocycles. The lowest BCUT2D eigenvalue weighted by Crippen LogP contribution is -2.35. The van der Waals surface area contributed by atoms with Crippen LogP contribution in [0.5, 0.6) is 0 Å². The highest BCUT2D eigenvalue weighted by atomic mass is 16.5. The van der Waals surface area contributed by atoms with E-state index in [1.807, 2.05) is 12.4 Å². The van der Waals surface area contributed by atoms with Crippen molar-refractivity contribution in [3.8, 4) is 11.1 Å². The fourth-order valence-electron chi connectivity index (χ4n) is 4.07. The van der Waals surface area contributed by atoms with Gasteiger partial charge >= 0.3 is 0 Å². The lowest BCUT2D eigenvalue weighted by molar-refractivity contribution is 0.0571. The molecule has 0 radical (unpaired) electrons. The standard InChI is InChI=1S/C21H26N4O/c1-21(14-22,12-15-6-9-26-10-7-15)17-4-2-3-16(11-17)18-5-8-23-20-19(18)13-24-25-20/h2-5,8,11,13,15H,6-7,9-10,12,14,22H2,1H3,(H,23,24,25). The number of nitrogens with one attached hydrogen (secondary N) is 1. The van der Waals surface area contributed by atoms with Crippen LogP contribution in [0.3, 0.4) is 0 Å². The molecule has 1 aliphatic heterocycles. The van der Waals surface area contributed by atoms with E-state index in [0.717, 1.165) is 49.1 Å². The van der Waals surface area contributed by atoms with Crippen LogP contribution >= 0.6 is 0 Å². The van der Waals surface area contributed by atoms with Crippen molar-refractivity contribution < 1.29 is 4.74 Å². The van der Waals surface area contributed by atoms with E-state index in [4.69, 9.17) is 10.5 Å². The molecule has 1 atom stereocenters. The molecule has 5 nitrogen and oxygen atoms in total. The Hall–Kier alpha value is -2.24. The predicted octanol–water partition coefficient (Wildman–Crippen LogP) is 3.66. The zero-order chi connectivity index (χ0) is 18.0. The van der Waals surface area contributed by atoms with Crippen LogP contribution in [0.2, 0.25) is 0 Å². The van der Waals surface area contributed by atoms with Gasteiger partial charge in [-0.2, -0.15) is 5.10 Å². The highest BCUT2D eigenvalue weighted by molar-refractivity contribution is 5.92. The minimum Gasteiger partial charge on any atom is -0.381 e. The van der Waals surface area contributed by atoms with E-state index in [0.29, 0.717) is 12.5 Å². The fourth-order valence-corrected chi connectivity index (χ4v) is 4.07. The maximum absolute atomic E-state index is 6.26. The van der Waals surface area contributed by atoms with Gasteiger partial charge in [-0.25, -0.2) is 4.98 Å². The topological polar surface area (TPSA) is 76.8 Å². The van der Waals surface area contributed by atoms with Gasteiger partial charge < -0.3 is 10.5 Å². The van der Waals surface area contributed by atoms with E-state index in [1.165, 1.54) is 11.1 Å². The normalized spacial score (nSPS) is 18.1. The van der Waals surface area contributed by atoms with E-state index >= 15 is 0 Å². The Morgan fingerprint density at radius 3 is 2.92 bits per heavy atom. The van der Waals surface area contributed by atoms with Gasteiger partial charge in [-0.3, -0.25) is 5.10 Å². The van der Waals surface area contributed by atoms with Crippen molar-refractivity contribution in [2.45, 2.75) is 31.6 Å². The molecule has 0 amide bonds. The molecule has 1 saturated heterocycles. The van der Waals surface area contributed by atoms with E-state index in [-0.39, 0.29) is 5.41 Å². The number of aromatic amines is 1. The Kier molecular flexibility index (Phi) is 4.74. The summed E-state index contributed by atoms with van der Waals surface area (Å²) in [5.41, 5.74) is 10.7. The van der Waals surface area contributed by atoms with Gasteiger partial charge in [-0.05, 0) is 47.9 Å². The SMILES string of the molecule is CC(CN)(CC1CCOCC1)c1cccc(-c2ccnc3[nH]ncc23)c1. The highest BCUT2D eigenvalue weighted by Gasteiger charge is 2.30. The quantitative estimate of drug-likeness (QED) is 0.736. The second-order valence-electron chi connectivity index (χ2n) is 7.60. The van der Waals surface area contributed by atoms with Crippen molar-refractivity contribution in [3.05, 3.63) is 48.3 Å². The summed E-state index contributed by atoms with van der Waals surface area (Å²) in [7, 11) is 0. The van der Waals surface area contributed by atoms with Gasteiger partial charge in [-0.15, -0.1) is 0 Å². The van der Waals surface area contributed by atoms with E-state index in [1.54, 1.807) is 0 Å².